The third-order valence-corrected chi connectivity index (χ3v) is 4.71. The highest BCUT2D eigenvalue weighted by atomic mass is 79.9. The van der Waals surface area contributed by atoms with Crippen LogP contribution in [0.4, 0.5) is 10.1 Å². The van der Waals surface area contributed by atoms with Crippen LogP contribution in [-0.2, 0) is 0 Å². The molecule has 1 heterocycles. The largest absolute Gasteiger partial charge is 0.311 e. The predicted molar refractivity (Wildman–Crippen MR) is 75.9 cm³/mol. The van der Waals surface area contributed by atoms with E-state index in [0.717, 1.165) is 9.35 Å². The van der Waals surface area contributed by atoms with Crippen molar-refractivity contribution in [2.75, 3.05) is 11.9 Å². The van der Waals surface area contributed by atoms with Gasteiger partial charge in [-0.05, 0) is 58.7 Å². The van der Waals surface area contributed by atoms with E-state index in [1.165, 1.54) is 28.4 Å². The van der Waals surface area contributed by atoms with Gasteiger partial charge < -0.3 is 4.90 Å². The minimum atomic E-state index is -0.311. The summed E-state index contributed by atoms with van der Waals surface area (Å²) in [4.78, 5) is 14.4. The highest BCUT2D eigenvalue weighted by Crippen LogP contribution is 2.29. The highest BCUT2D eigenvalue weighted by molar-refractivity contribution is 9.11. The van der Waals surface area contributed by atoms with Gasteiger partial charge in [0, 0.05) is 12.7 Å². The van der Waals surface area contributed by atoms with E-state index in [-0.39, 0.29) is 11.7 Å². The Hall–Kier alpha value is -1.20. The summed E-state index contributed by atoms with van der Waals surface area (Å²) in [6.07, 6.45) is 0. The van der Waals surface area contributed by atoms with Crippen LogP contribution < -0.4 is 4.90 Å². The van der Waals surface area contributed by atoms with Crippen molar-refractivity contribution in [2.24, 2.45) is 0 Å². The van der Waals surface area contributed by atoms with Crippen molar-refractivity contribution in [3.8, 4) is 0 Å². The van der Waals surface area contributed by atoms with Gasteiger partial charge in [0.15, 0.2) is 0 Å². The van der Waals surface area contributed by atoms with E-state index in [4.69, 9.17) is 0 Å². The lowest BCUT2D eigenvalue weighted by Gasteiger charge is -2.16. The minimum absolute atomic E-state index is 0.0968. The molecule has 1 aromatic carbocycles. The van der Waals surface area contributed by atoms with Crippen LogP contribution in [0.15, 0.2) is 34.1 Å². The van der Waals surface area contributed by atoms with Gasteiger partial charge in [0.1, 0.15) is 5.82 Å². The van der Waals surface area contributed by atoms with Crippen LogP contribution in [-0.4, -0.2) is 13.0 Å². The summed E-state index contributed by atoms with van der Waals surface area (Å²) in [5.41, 5.74) is 1.71. The average molecular weight is 328 g/mol. The SMILES string of the molecule is Cc1cc(C(=O)N(C)c2ccc(F)cc2)sc1Br. The molecule has 1 aromatic heterocycles. The molecule has 0 aliphatic heterocycles. The first kappa shape index (κ1) is 13.2. The van der Waals surface area contributed by atoms with Crippen LogP contribution in [0.3, 0.4) is 0 Å². The number of thiophene rings is 1. The molecule has 2 rings (SSSR count). The Morgan fingerprint density at radius 3 is 2.44 bits per heavy atom. The van der Waals surface area contributed by atoms with E-state index in [1.807, 2.05) is 13.0 Å². The molecule has 0 spiro atoms. The number of carbonyl (C=O) groups excluding carboxylic acids is 1. The Labute approximate surface area is 117 Å². The molecule has 5 heteroatoms. The summed E-state index contributed by atoms with van der Waals surface area (Å²) >= 11 is 4.80. The topological polar surface area (TPSA) is 20.3 Å². The first-order chi connectivity index (χ1) is 8.49. The first-order valence-corrected chi connectivity index (χ1v) is 6.89. The summed E-state index contributed by atoms with van der Waals surface area (Å²) in [5, 5.41) is 0. The molecule has 0 aliphatic carbocycles. The van der Waals surface area contributed by atoms with Crippen molar-refractivity contribution in [3.63, 3.8) is 0 Å². The van der Waals surface area contributed by atoms with Crippen LogP contribution in [0.25, 0.3) is 0 Å². The number of aryl methyl sites for hydroxylation is 1. The van der Waals surface area contributed by atoms with E-state index in [2.05, 4.69) is 15.9 Å². The maximum Gasteiger partial charge on any atom is 0.268 e. The Balaban J connectivity index is 2.26. The molecule has 1 amide bonds. The van der Waals surface area contributed by atoms with Gasteiger partial charge >= 0.3 is 0 Å². The monoisotopic (exact) mass is 327 g/mol. The number of rotatable bonds is 2. The fraction of sp³-hybridized carbons (Fsp3) is 0.154. The van der Waals surface area contributed by atoms with E-state index in [0.29, 0.717) is 10.6 Å². The second-order valence-corrected chi connectivity index (χ2v) is 6.28. The molecule has 0 N–H and O–H groups in total. The predicted octanol–water partition coefficient (Wildman–Crippen LogP) is 4.23. The highest BCUT2D eigenvalue weighted by Gasteiger charge is 2.16. The summed E-state index contributed by atoms with van der Waals surface area (Å²) in [7, 11) is 1.68. The molecule has 18 heavy (non-hydrogen) atoms. The van der Waals surface area contributed by atoms with Gasteiger partial charge in [-0.2, -0.15) is 0 Å². The molecule has 2 aromatic rings. The number of benzene rings is 1. The van der Waals surface area contributed by atoms with Crippen molar-refractivity contribution in [1.29, 1.82) is 0 Å². The molecule has 0 atom stereocenters. The number of hydrogen-bond donors (Lipinski definition) is 0. The van der Waals surface area contributed by atoms with Crippen LogP contribution in [0.2, 0.25) is 0 Å². The Morgan fingerprint density at radius 2 is 1.94 bits per heavy atom. The van der Waals surface area contributed by atoms with Gasteiger partial charge in [0.25, 0.3) is 5.91 Å². The summed E-state index contributed by atoms with van der Waals surface area (Å²) < 4.78 is 13.8. The molecule has 0 aliphatic rings. The zero-order valence-corrected chi connectivity index (χ0v) is 12.3. The maximum atomic E-state index is 12.8. The van der Waals surface area contributed by atoms with Gasteiger partial charge in [0.05, 0.1) is 8.66 Å². The van der Waals surface area contributed by atoms with Gasteiger partial charge in [-0.1, -0.05) is 0 Å². The molecule has 0 fully saturated rings. The maximum absolute atomic E-state index is 12.8. The second-order valence-electron chi connectivity index (χ2n) is 3.91. The summed E-state index contributed by atoms with van der Waals surface area (Å²) in [5.74, 6) is -0.408. The van der Waals surface area contributed by atoms with Crippen LogP contribution in [0, 0.1) is 12.7 Å². The standard InChI is InChI=1S/C13H11BrFNOS/c1-8-7-11(18-12(8)14)13(17)16(2)10-5-3-9(15)4-6-10/h3-7H,1-2H3. The van der Waals surface area contributed by atoms with Crippen LogP contribution in [0.1, 0.15) is 15.2 Å². The van der Waals surface area contributed by atoms with Crippen molar-refractivity contribution >= 4 is 38.9 Å². The Morgan fingerprint density at radius 1 is 1.33 bits per heavy atom. The van der Waals surface area contributed by atoms with Crippen LogP contribution in [0.5, 0.6) is 0 Å². The van der Waals surface area contributed by atoms with Crippen molar-refractivity contribution in [3.05, 3.63) is 50.4 Å². The molecule has 0 unspecified atom stereocenters. The van der Waals surface area contributed by atoms with E-state index in [9.17, 15) is 9.18 Å². The van der Waals surface area contributed by atoms with Crippen molar-refractivity contribution in [1.82, 2.24) is 0 Å². The van der Waals surface area contributed by atoms with Gasteiger partial charge in [-0.25, -0.2) is 4.39 Å². The van der Waals surface area contributed by atoms with Gasteiger partial charge in [-0.15, -0.1) is 11.3 Å². The molecule has 0 bridgehead atoms. The number of nitrogens with zero attached hydrogens (tertiary/aromatic N) is 1. The zero-order valence-electron chi connectivity index (χ0n) is 9.91. The Bertz CT molecular complexity index is 560. The number of anilines is 1. The van der Waals surface area contributed by atoms with Gasteiger partial charge in [-0.3, -0.25) is 4.79 Å². The minimum Gasteiger partial charge on any atom is -0.311 e. The van der Waals surface area contributed by atoms with Crippen LogP contribution >= 0.6 is 27.3 Å². The zero-order chi connectivity index (χ0) is 13.3. The lowest BCUT2D eigenvalue weighted by Crippen LogP contribution is -2.25. The van der Waals surface area contributed by atoms with E-state index >= 15 is 0 Å². The fourth-order valence-corrected chi connectivity index (χ4v) is 3.02. The quantitative estimate of drug-likeness (QED) is 0.808. The molecular formula is C13H11BrFNOS. The molecular weight excluding hydrogens is 317 g/mol. The van der Waals surface area contributed by atoms with Crippen molar-refractivity contribution < 1.29 is 9.18 Å². The summed E-state index contributed by atoms with van der Waals surface area (Å²) in [6.45, 7) is 1.94. The third-order valence-electron chi connectivity index (χ3n) is 2.59. The third kappa shape index (κ3) is 2.62. The first-order valence-electron chi connectivity index (χ1n) is 5.28. The molecule has 2 nitrogen and oxygen atoms in total. The normalized spacial score (nSPS) is 10.4. The lowest BCUT2D eigenvalue weighted by atomic mass is 10.2. The number of hydrogen-bond acceptors (Lipinski definition) is 2. The fourth-order valence-electron chi connectivity index (χ4n) is 1.51. The molecule has 0 saturated carbocycles. The molecule has 94 valence electrons. The number of carbonyl (C=O) groups is 1. The van der Waals surface area contributed by atoms with E-state index < -0.39 is 0 Å². The number of amides is 1. The summed E-state index contributed by atoms with van der Waals surface area (Å²) in [6, 6.07) is 7.70. The van der Waals surface area contributed by atoms with E-state index in [1.54, 1.807) is 19.2 Å². The van der Waals surface area contributed by atoms with Crippen molar-refractivity contribution in [2.45, 2.75) is 6.92 Å². The number of halogens is 2. The molecule has 0 saturated heterocycles. The van der Waals surface area contributed by atoms with Gasteiger partial charge in [0.2, 0.25) is 0 Å². The molecule has 0 radical (unpaired) electrons. The smallest absolute Gasteiger partial charge is 0.268 e. The average Bonchev–Trinajstić information content (AvgIpc) is 2.69. The Kier molecular flexibility index (Phi) is 3.82. The second kappa shape index (κ2) is 5.20. The lowest BCUT2D eigenvalue weighted by molar-refractivity contribution is 0.0997.